The maximum atomic E-state index is 14.2. The number of ether oxygens (including phenoxy) is 3. The van der Waals surface area contributed by atoms with Gasteiger partial charge in [-0.3, -0.25) is 29.0 Å². The molecule has 2 saturated heterocycles. The smallest absolute Gasteiger partial charge is 0.322 e. The highest BCUT2D eigenvalue weighted by Crippen LogP contribution is 2.36. The molecule has 0 bridgehead atoms. The quantitative estimate of drug-likeness (QED) is 0.277. The summed E-state index contributed by atoms with van der Waals surface area (Å²) in [5.41, 5.74) is 3.60. The van der Waals surface area contributed by atoms with Crippen molar-refractivity contribution in [1.82, 2.24) is 20.7 Å². The lowest BCUT2D eigenvalue weighted by molar-refractivity contribution is -0.271. The Morgan fingerprint density at radius 1 is 1.10 bits per heavy atom. The maximum absolute atomic E-state index is 14.2. The van der Waals surface area contributed by atoms with Crippen LogP contribution in [0.25, 0.3) is 17.0 Å². The average Bonchev–Trinajstić information content (AvgIpc) is 3.05. The molecule has 266 valence electrons. The zero-order valence-electron chi connectivity index (χ0n) is 29.3. The fourth-order valence-corrected chi connectivity index (χ4v) is 5.86. The van der Waals surface area contributed by atoms with Crippen LogP contribution >= 0.6 is 0 Å². The molecule has 49 heavy (non-hydrogen) atoms. The first-order valence-electron chi connectivity index (χ1n) is 16.7. The lowest BCUT2D eigenvalue weighted by Crippen LogP contribution is -2.59. The molecule has 2 aliphatic rings. The summed E-state index contributed by atoms with van der Waals surface area (Å²) in [5, 5.41) is 14.2. The van der Waals surface area contributed by atoms with E-state index in [0.29, 0.717) is 30.6 Å². The number of amides is 2. The number of rotatable bonds is 12. The SMILES string of the molecule is CC(=O)O[C@H](C)c1ccc2ccc(/C=C/C3(C(=O)C[C@H](C(=O)N[C@@H](C)C(=O)N4CCC[C@@H](C(=O)O)N4)C(C)C)COC(C)(C)OC3)cc2n1. The zero-order valence-corrected chi connectivity index (χ0v) is 29.3. The van der Waals surface area contributed by atoms with Gasteiger partial charge in [-0.25, -0.2) is 10.4 Å². The number of carboxylic acids is 1. The Hall–Kier alpha value is -4.20. The van der Waals surface area contributed by atoms with Crippen molar-refractivity contribution in [2.45, 2.75) is 91.7 Å². The number of carboxylic acid groups (broad SMARTS) is 1. The second kappa shape index (κ2) is 15.6. The minimum atomic E-state index is -1.19. The van der Waals surface area contributed by atoms with Gasteiger partial charge in [0.1, 0.15) is 24.0 Å². The molecule has 0 radical (unpaired) electrons. The molecule has 3 heterocycles. The van der Waals surface area contributed by atoms with Crippen LogP contribution in [0, 0.1) is 17.3 Å². The van der Waals surface area contributed by atoms with Gasteiger partial charge >= 0.3 is 11.9 Å². The second-order valence-corrected chi connectivity index (χ2v) is 13.8. The largest absolute Gasteiger partial charge is 0.480 e. The van der Waals surface area contributed by atoms with Crippen LogP contribution in [0.4, 0.5) is 0 Å². The van der Waals surface area contributed by atoms with Gasteiger partial charge in [0, 0.05) is 31.2 Å². The Bertz CT molecular complexity index is 1590. The van der Waals surface area contributed by atoms with Crippen molar-refractivity contribution in [2.75, 3.05) is 19.8 Å². The summed E-state index contributed by atoms with van der Waals surface area (Å²) < 4.78 is 17.2. The van der Waals surface area contributed by atoms with E-state index in [2.05, 4.69) is 15.7 Å². The van der Waals surface area contributed by atoms with Crippen LogP contribution in [0.3, 0.4) is 0 Å². The summed E-state index contributed by atoms with van der Waals surface area (Å²) in [6, 6.07) is 7.59. The molecular formula is C36H48N4O9. The van der Waals surface area contributed by atoms with E-state index in [-0.39, 0.29) is 31.3 Å². The second-order valence-electron chi connectivity index (χ2n) is 13.8. The molecule has 4 rings (SSSR count). The standard InChI is InChI=1S/C36H48N4O9/c1-21(2)27(32(43)37-22(3)33(44)40-16-8-9-29(39-40)34(45)46)18-31(42)36(19-47-35(6,7)48-20-36)15-14-25-10-11-26-12-13-28(38-30(26)17-25)23(4)49-24(5)41/h10-15,17,21-23,27,29,39H,8-9,16,18-20H2,1-7H3,(H,37,43)(H,45,46)/b15-14+/t22-,23+,27-,29-/m0/s1. The van der Waals surface area contributed by atoms with Crippen LogP contribution in [-0.2, 0) is 38.2 Å². The summed E-state index contributed by atoms with van der Waals surface area (Å²) in [6.07, 6.45) is 3.85. The first kappa shape index (κ1) is 37.6. The first-order valence-corrected chi connectivity index (χ1v) is 16.7. The topological polar surface area (TPSA) is 173 Å². The van der Waals surface area contributed by atoms with Gasteiger partial charge in [0.05, 0.1) is 29.8 Å². The van der Waals surface area contributed by atoms with Gasteiger partial charge in [-0.1, -0.05) is 44.2 Å². The van der Waals surface area contributed by atoms with Gasteiger partial charge in [0.2, 0.25) is 5.91 Å². The zero-order chi connectivity index (χ0) is 36.1. The normalized spacial score (nSPS) is 20.8. The first-order chi connectivity index (χ1) is 23.0. The number of benzene rings is 1. The number of aliphatic carboxylic acids is 1. The van der Waals surface area contributed by atoms with Crippen LogP contribution in [0.15, 0.2) is 36.4 Å². The number of carbonyl (C=O) groups is 5. The number of ketones is 1. The van der Waals surface area contributed by atoms with Gasteiger partial charge in [-0.15, -0.1) is 0 Å². The van der Waals surface area contributed by atoms with Crippen LogP contribution in [0.5, 0.6) is 0 Å². The van der Waals surface area contributed by atoms with Crippen molar-refractivity contribution in [3.8, 4) is 0 Å². The minimum absolute atomic E-state index is 0.0396. The van der Waals surface area contributed by atoms with Gasteiger partial charge < -0.3 is 24.6 Å². The molecule has 0 saturated carbocycles. The maximum Gasteiger partial charge on any atom is 0.322 e. The molecule has 3 N–H and O–H groups in total. The molecule has 2 aromatic rings. The molecule has 13 nitrogen and oxygen atoms in total. The minimum Gasteiger partial charge on any atom is -0.480 e. The number of esters is 1. The van der Waals surface area contributed by atoms with Gasteiger partial charge in [-0.05, 0) is 64.2 Å². The molecule has 0 unspecified atom stereocenters. The number of Topliss-reactive ketones (excluding diaryl/α,β-unsaturated/α-hetero) is 1. The Morgan fingerprint density at radius 2 is 1.78 bits per heavy atom. The molecule has 2 aliphatic heterocycles. The predicted octanol–water partition coefficient (Wildman–Crippen LogP) is 3.96. The number of hydrogen-bond donors (Lipinski definition) is 3. The lowest BCUT2D eigenvalue weighted by Gasteiger charge is -2.41. The Labute approximate surface area is 286 Å². The molecule has 2 amide bonds. The van der Waals surface area contributed by atoms with E-state index < -0.39 is 59.1 Å². The number of hydrogen-bond acceptors (Lipinski definition) is 10. The molecule has 4 atom stereocenters. The van der Waals surface area contributed by atoms with E-state index in [1.165, 1.54) is 11.9 Å². The number of hydrazine groups is 1. The summed E-state index contributed by atoms with van der Waals surface area (Å²) >= 11 is 0. The third-order valence-electron chi connectivity index (χ3n) is 9.03. The Kier molecular flexibility index (Phi) is 11.9. The van der Waals surface area contributed by atoms with Gasteiger partial charge in [-0.2, -0.15) is 0 Å². The number of fused-ring (bicyclic) bond motifs is 1. The third-order valence-corrected chi connectivity index (χ3v) is 9.03. The monoisotopic (exact) mass is 680 g/mol. The van der Waals surface area contributed by atoms with Gasteiger partial charge in [0.15, 0.2) is 5.79 Å². The molecule has 2 fully saturated rings. The van der Waals surface area contributed by atoms with Crippen LogP contribution in [0.2, 0.25) is 0 Å². The molecule has 0 spiro atoms. The molecule has 13 heteroatoms. The molecular weight excluding hydrogens is 632 g/mol. The lowest BCUT2D eigenvalue weighted by atomic mass is 9.77. The highest BCUT2D eigenvalue weighted by Gasteiger charge is 2.45. The predicted molar refractivity (Wildman–Crippen MR) is 180 cm³/mol. The highest BCUT2D eigenvalue weighted by molar-refractivity contribution is 5.94. The summed E-state index contributed by atoms with van der Waals surface area (Å²) in [5.74, 6) is -4.50. The molecule has 1 aromatic heterocycles. The van der Waals surface area contributed by atoms with Crippen LogP contribution in [-0.4, -0.2) is 82.3 Å². The van der Waals surface area contributed by atoms with Crippen LogP contribution in [0.1, 0.15) is 85.1 Å². The average molecular weight is 681 g/mol. The highest BCUT2D eigenvalue weighted by atomic mass is 16.7. The van der Waals surface area contributed by atoms with Crippen LogP contribution < -0.4 is 10.7 Å². The summed E-state index contributed by atoms with van der Waals surface area (Å²) in [7, 11) is 0. The Balaban J connectivity index is 1.52. The number of pyridine rings is 1. The third kappa shape index (κ3) is 9.49. The van der Waals surface area contributed by atoms with E-state index in [9.17, 15) is 29.1 Å². The van der Waals surface area contributed by atoms with E-state index in [4.69, 9.17) is 14.2 Å². The van der Waals surface area contributed by atoms with E-state index in [0.717, 1.165) is 10.9 Å². The van der Waals surface area contributed by atoms with Crippen molar-refractivity contribution in [3.05, 3.63) is 47.7 Å². The van der Waals surface area contributed by atoms with Gasteiger partial charge in [0.25, 0.3) is 5.91 Å². The van der Waals surface area contributed by atoms with E-state index in [1.54, 1.807) is 33.8 Å². The number of aromatic nitrogens is 1. The fourth-order valence-electron chi connectivity index (χ4n) is 5.86. The fraction of sp³-hybridized carbons (Fsp3) is 0.556. The molecule has 1 aromatic carbocycles. The Morgan fingerprint density at radius 3 is 2.41 bits per heavy atom. The van der Waals surface area contributed by atoms with E-state index >= 15 is 0 Å². The van der Waals surface area contributed by atoms with Crippen molar-refractivity contribution < 1.29 is 43.3 Å². The summed E-state index contributed by atoms with van der Waals surface area (Å²) in [4.78, 5) is 68.4. The van der Waals surface area contributed by atoms with Crippen molar-refractivity contribution in [1.29, 1.82) is 0 Å². The summed E-state index contributed by atoms with van der Waals surface area (Å²) in [6.45, 7) is 12.3. The molecule has 0 aliphatic carbocycles. The van der Waals surface area contributed by atoms with Crippen molar-refractivity contribution >= 4 is 46.5 Å². The number of nitrogens with one attached hydrogen (secondary N) is 2. The van der Waals surface area contributed by atoms with E-state index in [1.807, 2.05) is 50.3 Å². The van der Waals surface area contributed by atoms with Crippen molar-refractivity contribution in [2.24, 2.45) is 17.3 Å². The number of carbonyl (C=O) groups excluding carboxylic acids is 4. The van der Waals surface area contributed by atoms with Crippen molar-refractivity contribution in [3.63, 3.8) is 0 Å². The number of nitrogens with zero attached hydrogens (tertiary/aromatic N) is 2.